The quantitative estimate of drug-likeness (QED) is 0.780. The highest BCUT2D eigenvalue weighted by Gasteiger charge is 2.26. The number of nitrogens with one attached hydrogen (secondary N) is 1. The summed E-state index contributed by atoms with van der Waals surface area (Å²) < 4.78 is 0. The first-order valence-corrected chi connectivity index (χ1v) is 6.72. The molecule has 5 nitrogen and oxygen atoms in total. The molecule has 104 valence electrons. The number of nitrogens with two attached hydrogens (primary N) is 1. The fourth-order valence-electron chi connectivity index (χ4n) is 2.84. The van der Waals surface area contributed by atoms with E-state index in [2.05, 4.69) is 24.1 Å². The summed E-state index contributed by atoms with van der Waals surface area (Å²) in [6.07, 6.45) is 4.92. The van der Waals surface area contributed by atoms with Gasteiger partial charge in [-0.25, -0.2) is 9.78 Å². The second kappa shape index (κ2) is 5.47. The number of hydrogen-bond acceptors (Lipinski definition) is 4. The number of carboxylic acid groups (broad SMARTS) is 1. The molecule has 2 rings (SSSR count). The smallest absolute Gasteiger partial charge is 0.337 e. The standard InChI is InChI=1S/C14H21N3O2/c1-8-3-4-11(9(2)5-8)17-12-7-16-13(15)6-10(12)14(18)19/h6-9,11,17H,3-5H2,1-2H3,(H2,15,16)(H,18,19). The Bertz CT molecular complexity index is 476. The molecule has 0 aliphatic heterocycles. The van der Waals surface area contributed by atoms with E-state index in [0.717, 1.165) is 12.3 Å². The number of rotatable bonds is 3. The fourth-order valence-corrected chi connectivity index (χ4v) is 2.84. The minimum Gasteiger partial charge on any atom is -0.478 e. The molecule has 5 heteroatoms. The van der Waals surface area contributed by atoms with E-state index in [4.69, 9.17) is 5.73 Å². The molecule has 1 heterocycles. The molecule has 19 heavy (non-hydrogen) atoms. The van der Waals surface area contributed by atoms with Gasteiger partial charge in [-0.15, -0.1) is 0 Å². The SMILES string of the molecule is CC1CCC(Nc2cnc(N)cc2C(=O)O)C(C)C1. The van der Waals surface area contributed by atoms with Crippen LogP contribution in [0.25, 0.3) is 0 Å². The maximum Gasteiger partial charge on any atom is 0.337 e. The Labute approximate surface area is 113 Å². The fraction of sp³-hybridized carbons (Fsp3) is 0.571. The van der Waals surface area contributed by atoms with Gasteiger partial charge in [0.1, 0.15) is 5.82 Å². The van der Waals surface area contributed by atoms with E-state index in [-0.39, 0.29) is 11.4 Å². The topological polar surface area (TPSA) is 88.2 Å². The van der Waals surface area contributed by atoms with E-state index in [0.29, 0.717) is 17.6 Å². The van der Waals surface area contributed by atoms with Crippen molar-refractivity contribution in [2.45, 2.75) is 39.2 Å². The summed E-state index contributed by atoms with van der Waals surface area (Å²) in [7, 11) is 0. The number of aromatic carboxylic acids is 1. The number of anilines is 2. The Morgan fingerprint density at radius 1 is 1.47 bits per heavy atom. The predicted molar refractivity (Wildman–Crippen MR) is 75.2 cm³/mol. The van der Waals surface area contributed by atoms with Crippen LogP contribution in [0.1, 0.15) is 43.5 Å². The molecule has 3 atom stereocenters. The lowest BCUT2D eigenvalue weighted by molar-refractivity contribution is 0.0697. The van der Waals surface area contributed by atoms with E-state index in [9.17, 15) is 9.90 Å². The minimum atomic E-state index is -0.978. The highest BCUT2D eigenvalue weighted by Crippen LogP contribution is 2.31. The first-order valence-electron chi connectivity index (χ1n) is 6.72. The van der Waals surface area contributed by atoms with Crippen molar-refractivity contribution in [3.63, 3.8) is 0 Å². The first kappa shape index (κ1) is 13.6. The van der Waals surface area contributed by atoms with Crippen LogP contribution in [0.5, 0.6) is 0 Å². The molecule has 4 N–H and O–H groups in total. The first-order chi connectivity index (χ1) is 8.97. The average molecular weight is 263 g/mol. The zero-order valence-corrected chi connectivity index (χ0v) is 11.4. The summed E-state index contributed by atoms with van der Waals surface area (Å²) in [5.41, 5.74) is 6.30. The Morgan fingerprint density at radius 2 is 2.21 bits per heavy atom. The maximum absolute atomic E-state index is 11.2. The minimum absolute atomic E-state index is 0.193. The molecule has 0 spiro atoms. The molecular weight excluding hydrogens is 242 g/mol. The molecule has 0 amide bonds. The number of pyridine rings is 1. The highest BCUT2D eigenvalue weighted by atomic mass is 16.4. The van der Waals surface area contributed by atoms with Crippen LogP contribution in [0.15, 0.2) is 12.3 Å². The van der Waals surface area contributed by atoms with Gasteiger partial charge in [0.25, 0.3) is 0 Å². The largest absolute Gasteiger partial charge is 0.478 e. The van der Waals surface area contributed by atoms with Crippen molar-refractivity contribution < 1.29 is 9.90 Å². The summed E-state index contributed by atoms with van der Waals surface area (Å²) in [5, 5.41) is 12.5. The Hall–Kier alpha value is -1.78. The Morgan fingerprint density at radius 3 is 2.84 bits per heavy atom. The monoisotopic (exact) mass is 263 g/mol. The van der Waals surface area contributed by atoms with Gasteiger partial charge in [0.15, 0.2) is 0 Å². The lowest BCUT2D eigenvalue weighted by Gasteiger charge is -2.34. The van der Waals surface area contributed by atoms with Gasteiger partial charge < -0.3 is 16.2 Å². The lowest BCUT2D eigenvalue weighted by atomic mass is 9.80. The normalized spacial score (nSPS) is 26.9. The van der Waals surface area contributed by atoms with Gasteiger partial charge in [0.05, 0.1) is 17.4 Å². The maximum atomic E-state index is 11.2. The third-order valence-electron chi connectivity index (χ3n) is 3.93. The predicted octanol–water partition coefficient (Wildman–Crippen LogP) is 2.60. The molecule has 3 unspecified atom stereocenters. The van der Waals surface area contributed by atoms with Crippen molar-refractivity contribution in [3.8, 4) is 0 Å². The van der Waals surface area contributed by atoms with Crippen LogP contribution in [0.2, 0.25) is 0 Å². The number of nitrogens with zero attached hydrogens (tertiary/aromatic N) is 1. The molecule has 1 aromatic rings. The molecule has 0 saturated heterocycles. The summed E-state index contributed by atoms with van der Waals surface area (Å²) in [6.45, 7) is 4.47. The number of nitrogen functional groups attached to an aromatic ring is 1. The summed E-state index contributed by atoms with van der Waals surface area (Å²) >= 11 is 0. The van der Waals surface area contributed by atoms with Crippen LogP contribution >= 0.6 is 0 Å². The summed E-state index contributed by atoms with van der Waals surface area (Å²) in [4.78, 5) is 15.2. The lowest BCUT2D eigenvalue weighted by Crippen LogP contribution is -2.33. The Kier molecular flexibility index (Phi) is 3.93. The second-order valence-electron chi connectivity index (χ2n) is 5.61. The second-order valence-corrected chi connectivity index (χ2v) is 5.61. The van der Waals surface area contributed by atoms with E-state index < -0.39 is 5.97 Å². The van der Waals surface area contributed by atoms with Crippen LogP contribution in [0.4, 0.5) is 11.5 Å². The van der Waals surface area contributed by atoms with Gasteiger partial charge in [-0.05, 0) is 37.2 Å². The third-order valence-corrected chi connectivity index (χ3v) is 3.93. The van der Waals surface area contributed by atoms with Gasteiger partial charge in [-0.1, -0.05) is 13.8 Å². The van der Waals surface area contributed by atoms with Gasteiger partial charge in [0, 0.05) is 6.04 Å². The van der Waals surface area contributed by atoms with Crippen molar-refractivity contribution in [2.75, 3.05) is 11.1 Å². The van der Waals surface area contributed by atoms with Crippen molar-refractivity contribution in [3.05, 3.63) is 17.8 Å². The van der Waals surface area contributed by atoms with E-state index in [1.54, 1.807) is 0 Å². The summed E-state index contributed by atoms with van der Waals surface area (Å²) in [6, 6.07) is 1.71. The highest BCUT2D eigenvalue weighted by molar-refractivity contribution is 5.94. The number of hydrogen-bond donors (Lipinski definition) is 3. The van der Waals surface area contributed by atoms with E-state index in [1.165, 1.54) is 25.1 Å². The van der Waals surface area contributed by atoms with Crippen LogP contribution < -0.4 is 11.1 Å². The average Bonchev–Trinajstić information content (AvgIpc) is 2.34. The molecule has 1 aliphatic rings. The summed E-state index contributed by atoms with van der Waals surface area (Å²) in [5.74, 6) is 0.529. The van der Waals surface area contributed by atoms with Crippen molar-refractivity contribution >= 4 is 17.5 Å². The number of carboxylic acids is 1. The zero-order valence-electron chi connectivity index (χ0n) is 11.4. The Balaban J connectivity index is 2.17. The molecule has 1 fully saturated rings. The molecule has 0 bridgehead atoms. The van der Waals surface area contributed by atoms with Crippen LogP contribution in [0.3, 0.4) is 0 Å². The van der Waals surface area contributed by atoms with Crippen LogP contribution in [-0.2, 0) is 0 Å². The van der Waals surface area contributed by atoms with Gasteiger partial charge in [-0.2, -0.15) is 0 Å². The number of aromatic nitrogens is 1. The van der Waals surface area contributed by atoms with Gasteiger partial charge in [-0.3, -0.25) is 0 Å². The van der Waals surface area contributed by atoms with Crippen molar-refractivity contribution in [1.29, 1.82) is 0 Å². The molecule has 1 aliphatic carbocycles. The van der Waals surface area contributed by atoms with Crippen LogP contribution in [0, 0.1) is 11.8 Å². The van der Waals surface area contributed by atoms with E-state index in [1.807, 2.05) is 0 Å². The van der Waals surface area contributed by atoms with E-state index >= 15 is 0 Å². The van der Waals surface area contributed by atoms with Crippen LogP contribution in [-0.4, -0.2) is 22.1 Å². The molecule has 0 aromatic carbocycles. The van der Waals surface area contributed by atoms with Crippen molar-refractivity contribution in [1.82, 2.24) is 4.98 Å². The number of carbonyl (C=O) groups is 1. The molecule has 0 radical (unpaired) electrons. The third kappa shape index (κ3) is 3.16. The van der Waals surface area contributed by atoms with Crippen molar-refractivity contribution in [2.24, 2.45) is 11.8 Å². The molecule has 1 saturated carbocycles. The zero-order chi connectivity index (χ0) is 14.0. The van der Waals surface area contributed by atoms with Gasteiger partial charge >= 0.3 is 5.97 Å². The van der Waals surface area contributed by atoms with Gasteiger partial charge in [0.2, 0.25) is 0 Å². The molecular formula is C14H21N3O2. The molecule has 1 aromatic heterocycles.